The fourth-order valence-corrected chi connectivity index (χ4v) is 2.47. The van der Waals surface area contributed by atoms with E-state index in [0.29, 0.717) is 21.7 Å². The number of carbonyl (C=O) groups excluding carboxylic acids is 1. The van der Waals surface area contributed by atoms with Gasteiger partial charge >= 0.3 is 5.97 Å². The summed E-state index contributed by atoms with van der Waals surface area (Å²) < 4.78 is 0. The molecular weight excluding hydrogens is 311 g/mol. The van der Waals surface area contributed by atoms with Crippen LogP contribution in [0.4, 0.5) is 0 Å². The number of benzene rings is 1. The summed E-state index contributed by atoms with van der Waals surface area (Å²) >= 11 is 11.7. The van der Waals surface area contributed by atoms with E-state index in [1.165, 1.54) is 6.07 Å². The zero-order valence-electron chi connectivity index (χ0n) is 12.2. The maximum atomic E-state index is 12.0. The minimum Gasteiger partial charge on any atom is -0.338 e. The molecule has 0 spiro atoms. The Morgan fingerprint density at radius 3 is 2.71 bits per heavy atom. The monoisotopic (exact) mass is 328 g/mol. The number of nitrogens with zero attached hydrogens (tertiary/aromatic N) is 1. The molecule has 0 radical (unpaired) electrons. The van der Waals surface area contributed by atoms with Crippen molar-refractivity contribution < 1.29 is 9.63 Å². The second-order valence-corrected chi connectivity index (χ2v) is 6.14. The number of rotatable bonds is 3. The molecule has 2 rings (SSSR count). The van der Waals surface area contributed by atoms with E-state index >= 15 is 0 Å². The highest BCUT2D eigenvalue weighted by Crippen LogP contribution is 2.23. The molecule has 1 aliphatic rings. The van der Waals surface area contributed by atoms with Gasteiger partial charge in [0.2, 0.25) is 0 Å². The lowest BCUT2D eigenvalue weighted by atomic mass is 10.0. The van der Waals surface area contributed by atoms with Crippen molar-refractivity contribution in [2.45, 2.75) is 19.9 Å². The van der Waals surface area contributed by atoms with E-state index in [1.54, 1.807) is 12.1 Å². The van der Waals surface area contributed by atoms with Crippen LogP contribution in [-0.4, -0.2) is 30.5 Å². The van der Waals surface area contributed by atoms with Gasteiger partial charge in [0.05, 0.1) is 21.3 Å². The number of carbonyl (C=O) groups is 1. The maximum absolute atomic E-state index is 12.0. The number of hydrogen-bond donors (Lipinski definition) is 1. The molecule has 0 aliphatic carbocycles. The summed E-state index contributed by atoms with van der Waals surface area (Å²) in [6.07, 6.45) is 2.05. The fourth-order valence-electron chi connectivity index (χ4n) is 2.17. The number of likely N-dealkylation sites (N-methyl/N-ethyl adjacent to an activating group) is 1. The zero-order valence-corrected chi connectivity index (χ0v) is 13.7. The minimum atomic E-state index is -0.492. The van der Waals surface area contributed by atoms with Gasteiger partial charge in [-0.15, -0.1) is 0 Å². The molecule has 0 bridgehead atoms. The van der Waals surface area contributed by atoms with E-state index < -0.39 is 5.97 Å². The molecule has 2 atom stereocenters. The summed E-state index contributed by atoms with van der Waals surface area (Å²) in [5.74, 6) is -0.221. The first-order valence-corrected chi connectivity index (χ1v) is 7.48. The SMILES string of the molecule is CC1CN(C)C(C)C=C1NOC(=O)c1ccc(Cl)c(Cl)c1. The van der Waals surface area contributed by atoms with Gasteiger partial charge in [0, 0.05) is 18.5 Å². The smallest absolute Gasteiger partial charge is 0.338 e. The highest BCUT2D eigenvalue weighted by Gasteiger charge is 2.22. The van der Waals surface area contributed by atoms with Gasteiger partial charge in [-0.3, -0.25) is 4.90 Å². The first-order valence-electron chi connectivity index (χ1n) is 6.72. The Hall–Kier alpha value is -1.23. The highest BCUT2D eigenvalue weighted by molar-refractivity contribution is 6.42. The van der Waals surface area contributed by atoms with Gasteiger partial charge in [-0.25, -0.2) is 10.3 Å². The van der Waals surface area contributed by atoms with Crippen molar-refractivity contribution in [3.8, 4) is 0 Å². The molecular formula is C15H18Cl2N2O2. The van der Waals surface area contributed by atoms with Crippen LogP contribution in [0, 0.1) is 5.92 Å². The third-order valence-electron chi connectivity index (χ3n) is 3.63. The minimum absolute atomic E-state index is 0.271. The molecule has 1 N–H and O–H groups in total. The van der Waals surface area contributed by atoms with Crippen LogP contribution in [0.15, 0.2) is 30.0 Å². The van der Waals surface area contributed by atoms with Gasteiger partial charge < -0.3 is 4.84 Å². The summed E-state index contributed by atoms with van der Waals surface area (Å²) in [5.41, 5.74) is 4.03. The highest BCUT2D eigenvalue weighted by atomic mass is 35.5. The summed E-state index contributed by atoms with van der Waals surface area (Å²) in [7, 11) is 2.07. The van der Waals surface area contributed by atoms with Crippen molar-refractivity contribution in [2.24, 2.45) is 5.92 Å². The lowest BCUT2D eigenvalue weighted by Gasteiger charge is -2.32. The van der Waals surface area contributed by atoms with Gasteiger partial charge in [-0.2, -0.15) is 0 Å². The predicted molar refractivity (Wildman–Crippen MR) is 84.4 cm³/mol. The second-order valence-electron chi connectivity index (χ2n) is 5.32. The lowest BCUT2D eigenvalue weighted by Crippen LogP contribution is -2.40. The van der Waals surface area contributed by atoms with E-state index in [0.717, 1.165) is 12.2 Å². The number of hydrogen-bond acceptors (Lipinski definition) is 4. The molecule has 1 heterocycles. The Kier molecular flexibility index (Phi) is 5.14. The van der Waals surface area contributed by atoms with Crippen LogP contribution in [-0.2, 0) is 4.84 Å². The van der Waals surface area contributed by atoms with Crippen LogP contribution >= 0.6 is 23.2 Å². The average molecular weight is 329 g/mol. The van der Waals surface area contributed by atoms with E-state index in [4.69, 9.17) is 28.0 Å². The third kappa shape index (κ3) is 3.90. The van der Waals surface area contributed by atoms with Crippen LogP contribution in [0.3, 0.4) is 0 Å². The summed E-state index contributed by atoms with van der Waals surface area (Å²) in [4.78, 5) is 19.4. The molecule has 0 fully saturated rings. The molecule has 114 valence electrons. The van der Waals surface area contributed by atoms with Crippen molar-refractivity contribution in [3.05, 3.63) is 45.6 Å². The first kappa shape index (κ1) is 16.1. The van der Waals surface area contributed by atoms with Crippen molar-refractivity contribution in [1.82, 2.24) is 10.4 Å². The van der Waals surface area contributed by atoms with Crippen molar-refractivity contribution >= 4 is 29.2 Å². The Balaban J connectivity index is 2.01. The summed E-state index contributed by atoms with van der Waals surface area (Å²) in [6.45, 7) is 5.08. The molecule has 21 heavy (non-hydrogen) atoms. The Labute approximate surface area is 134 Å². The Morgan fingerprint density at radius 1 is 1.33 bits per heavy atom. The average Bonchev–Trinajstić information content (AvgIpc) is 2.44. The van der Waals surface area contributed by atoms with E-state index in [-0.39, 0.29) is 5.92 Å². The van der Waals surface area contributed by atoms with Gasteiger partial charge in [0.15, 0.2) is 0 Å². The molecule has 1 aliphatic heterocycles. The normalized spacial score (nSPS) is 22.6. The first-order chi connectivity index (χ1) is 9.88. The topological polar surface area (TPSA) is 41.6 Å². The molecule has 0 saturated heterocycles. The fraction of sp³-hybridized carbons (Fsp3) is 0.400. The third-order valence-corrected chi connectivity index (χ3v) is 4.36. The standard InChI is InChI=1S/C15H18Cl2N2O2/c1-9-8-19(3)10(2)6-14(9)18-21-15(20)11-4-5-12(16)13(17)7-11/h4-7,9-10,18H,8H2,1-3H3. The molecule has 6 heteroatoms. The Morgan fingerprint density at radius 2 is 2.05 bits per heavy atom. The van der Waals surface area contributed by atoms with Crippen molar-refractivity contribution in [1.29, 1.82) is 0 Å². The molecule has 4 nitrogen and oxygen atoms in total. The molecule has 1 aromatic carbocycles. The molecule has 1 aromatic rings. The van der Waals surface area contributed by atoms with Crippen molar-refractivity contribution in [3.63, 3.8) is 0 Å². The van der Waals surface area contributed by atoms with Crippen LogP contribution < -0.4 is 5.48 Å². The maximum Gasteiger partial charge on any atom is 0.362 e. The van der Waals surface area contributed by atoms with Gasteiger partial charge in [0.25, 0.3) is 0 Å². The number of nitrogens with one attached hydrogen (secondary N) is 1. The van der Waals surface area contributed by atoms with Gasteiger partial charge in [-0.1, -0.05) is 30.1 Å². The molecule has 0 aromatic heterocycles. The quantitative estimate of drug-likeness (QED) is 0.862. The van der Waals surface area contributed by atoms with E-state index in [9.17, 15) is 4.79 Å². The largest absolute Gasteiger partial charge is 0.362 e. The van der Waals surface area contributed by atoms with Gasteiger partial charge in [0.1, 0.15) is 0 Å². The van der Waals surface area contributed by atoms with Crippen LogP contribution in [0.2, 0.25) is 10.0 Å². The van der Waals surface area contributed by atoms with E-state index in [1.807, 2.05) is 0 Å². The van der Waals surface area contributed by atoms with Crippen LogP contribution in [0.25, 0.3) is 0 Å². The summed E-state index contributed by atoms with van der Waals surface area (Å²) in [5, 5.41) is 0.730. The number of halogens is 2. The second kappa shape index (κ2) is 6.69. The summed E-state index contributed by atoms with van der Waals surface area (Å²) in [6, 6.07) is 4.93. The van der Waals surface area contributed by atoms with Crippen LogP contribution in [0.5, 0.6) is 0 Å². The zero-order chi connectivity index (χ0) is 15.6. The Bertz CT molecular complexity index is 575. The predicted octanol–water partition coefficient (Wildman–Crippen LogP) is 3.51. The van der Waals surface area contributed by atoms with Crippen molar-refractivity contribution in [2.75, 3.05) is 13.6 Å². The van der Waals surface area contributed by atoms with E-state index in [2.05, 4.69) is 37.4 Å². The molecule has 0 saturated carbocycles. The molecule has 0 amide bonds. The number of hydroxylamine groups is 1. The van der Waals surface area contributed by atoms with Crippen LogP contribution in [0.1, 0.15) is 24.2 Å². The van der Waals surface area contributed by atoms with Gasteiger partial charge in [-0.05, 0) is 38.2 Å². The molecule has 2 unspecified atom stereocenters. The lowest BCUT2D eigenvalue weighted by molar-refractivity contribution is 0.0287.